The number of anilines is 2. The van der Waals surface area contributed by atoms with Gasteiger partial charge in [0.1, 0.15) is 11.6 Å². The lowest BCUT2D eigenvalue weighted by molar-refractivity contribution is -0.0177. The number of hydrogen-bond acceptors (Lipinski definition) is 7. The Morgan fingerprint density at radius 1 is 1.09 bits per heavy atom. The number of hydrogen-bond donors (Lipinski definition) is 3. The molecule has 46 heavy (non-hydrogen) atoms. The second kappa shape index (κ2) is 17.0. The summed E-state index contributed by atoms with van der Waals surface area (Å²) in [7, 11) is 2.05. The van der Waals surface area contributed by atoms with Crippen LogP contribution in [0.3, 0.4) is 0 Å². The van der Waals surface area contributed by atoms with Crippen molar-refractivity contribution >= 4 is 23.3 Å². The van der Waals surface area contributed by atoms with Gasteiger partial charge in [-0.3, -0.25) is 14.7 Å². The average molecular weight is 636 g/mol. The van der Waals surface area contributed by atoms with E-state index in [4.69, 9.17) is 9.47 Å². The Balaban J connectivity index is 1.58. The van der Waals surface area contributed by atoms with Gasteiger partial charge in [0.25, 0.3) is 5.91 Å². The Morgan fingerprint density at radius 2 is 1.78 bits per heavy atom. The number of aliphatic hydroxyl groups is 1. The average Bonchev–Trinajstić information content (AvgIpc) is 3.04. The van der Waals surface area contributed by atoms with Crippen LogP contribution in [-0.2, 0) is 11.3 Å². The van der Waals surface area contributed by atoms with Gasteiger partial charge in [-0.1, -0.05) is 6.92 Å². The smallest absolute Gasteiger partial charge is 0.323 e. The third kappa shape index (κ3) is 10.2. The molecule has 0 radical (unpaired) electrons. The van der Waals surface area contributed by atoms with Crippen LogP contribution in [0.1, 0.15) is 56.0 Å². The highest BCUT2D eigenvalue weighted by Gasteiger charge is 2.30. The molecule has 2 aromatic carbocycles. The normalized spacial score (nSPS) is 20.3. The predicted octanol–water partition coefficient (Wildman–Crippen LogP) is 5.79. The molecule has 11 heteroatoms. The molecule has 0 aliphatic carbocycles. The largest absolute Gasteiger partial charge is 0.490 e. The van der Waals surface area contributed by atoms with Crippen LogP contribution in [0.5, 0.6) is 5.75 Å². The minimum atomic E-state index is -0.542. The Bertz CT molecular complexity index is 1410. The molecule has 1 aromatic heterocycles. The number of aromatic nitrogens is 1. The molecule has 248 valence electrons. The number of rotatable bonds is 8. The van der Waals surface area contributed by atoms with Crippen molar-refractivity contribution in [1.29, 1.82) is 0 Å². The van der Waals surface area contributed by atoms with Crippen molar-refractivity contribution in [2.24, 2.45) is 5.92 Å². The highest BCUT2D eigenvalue weighted by Crippen LogP contribution is 2.29. The molecule has 1 aliphatic heterocycles. The van der Waals surface area contributed by atoms with E-state index in [-0.39, 0.29) is 36.2 Å². The van der Waals surface area contributed by atoms with Crippen LogP contribution in [0.15, 0.2) is 67.0 Å². The van der Waals surface area contributed by atoms with Crippen molar-refractivity contribution < 1.29 is 28.6 Å². The molecule has 0 bridgehead atoms. The van der Waals surface area contributed by atoms with Crippen LogP contribution in [0.25, 0.3) is 0 Å². The van der Waals surface area contributed by atoms with E-state index in [0.717, 1.165) is 31.4 Å². The zero-order valence-electron chi connectivity index (χ0n) is 27.1. The number of urea groups is 1. The van der Waals surface area contributed by atoms with E-state index >= 15 is 0 Å². The van der Waals surface area contributed by atoms with Gasteiger partial charge in [-0.05, 0) is 100 Å². The molecule has 0 fully saturated rings. The van der Waals surface area contributed by atoms with Crippen molar-refractivity contribution in [2.45, 2.75) is 64.8 Å². The number of halogens is 1. The van der Waals surface area contributed by atoms with Crippen LogP contribution >= 0.6 is 0 Å². The lowest BCUT2D eigenvalue weighted by Crippen LogP contribution is -2.47. The third-order valence-electron chi connectivity index (χ3n) is 8.10. The minimum Gasteiger partial charge on any atom is -0.490 e. The standard InChI is InChI=1S/C35H46FN5O5/c1-24-20-41(25(2)23-42)34(43)31-19-30(39-35(44)38-29-10-8-28(36)9-11-29)12-13-32(31)46-26(3)7-5-6-18-45-33(24)22-40(4)21-27-14-16-37-17-15-27/h8-17,19,24-26,33,42H,5-7,18,20-23H2,1-4H3,(H2,38,39,44)/t24-,25-,26+,33-/m0/s1. The summed E-state index contributed by atoms with van der Waals surface area (Å²) in [6, 6.07) is 13.4. The molecule has 0 unspecified atom stereocenters. The molecule has 3 amide bonds. The molecule has 0 saturated carbocycles. The molecule has 4 atom stereocenters. The van der Waals surface area contributed by atoms with Crippen LogP contribution in [0, 0.1) is 11.7 Å². The van der Waals surface area contributed by atoms with Crippen molar-refractivity contribution in [2.75, 3.05) is 44.0 Å². The zero-order chi connectivity index (χ0) is 33.1. The summed E-state index contributed by atoms with van der Waals surface area (Å²) in [6.07, 6.45) is 5.79. The summed E-state index contributed by atoms with van der Waals surface area (Å²) in [5, 5.41) is 15.6. The summed E-state index contributed by atoms with van der Waals surface area (Å²) in [5.74, 6) is -0.381. The molecule has 3 aromatic rings. The number of nitrogens with zero attached hydrogens (tertiary/aromatic N) is 3. The highest BCUT2D eigenvalue weighted by atomic mass is 19.1. The second-order valence-electron chi connectivity index (χ2n) is 12.1. The molecular weight excluding hydrogens is 589 g/mol. The van der Waals surface area contributed by atoms with Crippen molar-refractivity contribution in [3.8, 4) is 5.75 Å². The summed E-state index contributed by atoms with van der Waals surface area (Å²) < 4.78 is 26.0. The number of amides is 3. The maximum atomic E-state index is 14.3. The lowest BCUT2D eigenvalue weighted by Gasteiger charge is -2.36. The van der Waals surface area contributed by atoms with Crippen molar-refractivity contribution in [1.82, 2.24) is 14.8 Å². The molecule has 0 spiro atoms. The summed E-state index contributed by atoms with van der Waals surface area (Å²) in [6.45, 7) is 7.95. The predicted molar refractivity (Wildman–Crippen MR) is 176 cm³/mol. The molecule has 0 saturated heterocycles. The Morgan fingerprint density at radius 3 is 2.50 bits per heavy atom. The molecule has 2 heterocycles. The van der Waals surface area contributed by atoms with Gasteiger partial charge in [0.2, 0.25) is 0 Å². The number of pyridine rings is 1. The summed E-state index contributed by atoms with van der Waals surface area (Å²) in [5.41, 5.74) is 2.24. The number of nitrogens with one attached hydrogen (secondary N) is 2. The number of carbonyl (C=O) groups is 2. The molecule has 4 rings (SSSR count). The first-order chi connectivity index (χ1) is 22.1. The Hall–Kier alpha value is -4.06. The minimum absolute atomic E-state index is 0.0631. The van der Waals surface area contributed by atoms with Crippen molar-refractivity contribution in [3.63, 3.8) is 0 Å². The van der Waals surface area contributed by atoms with E-state index < -0.39 is 17.9 Å². The molecule has 1 aliphatic rings. The fraction of sp³-hybridized carbons (Fsp3) is 0.457. The number of benzene rings is 2. The number of carbonyl (C=O) groups excluding carboxylic acids is 2. The van der Waals surface area contributed by atoms with E-state index in [1.54, 1.807) is 42.4 Å². The maximum Gasteiger partial charge on any atom is 0.323 e. The van der Waals surface area contributed by atoms with E-state index in [0.29, 0.717) is 36.8 Å². The van der Waals surface area contributed by atoms with Gasteiger partial charge < -0.3 is 30.1 Å². The third-order valence-corrected chi connectivity index (χ3v) is 8.10. The SMILES string of the molecule is C[C@@H]1CCCCO[C@@H](CN(C)Cc2ccncc2)[C@@H](C)CN([C@@H](C)CO)C(=O)c2cc(NC(=O)Nc3ccc(F)cc3)ccc2O1. The topological polar surface area (TPSA) is 116 Å². The fourth-order valence-corrected chi connectivity index (χ4v) is 5.46. The monoisotopic (exact) mass is 635 g/mol. The van der Waals surface area contributed by atoms with Crippen molar-refractivity contribution in [3.05, 3.63) is 83.9 Å². The van der Waals surface area contributed by atoms with Gasteiger partial charge in [-0.25, -0.2) is 9.18 Å². The Labute approximate surface area is 270 Å². The van der Waals surface area contributed by atoms with Gasteiger partial charge in [-0.15, -0.1) is 0 Å². The summed E-state index contributed by atoms with van der Waals surface area (Å²) >= 11 is 0. The first-order valence-corrected chi connectivity index (χ1v) is 15.9. The summed E-state index contributed by atoms with van der Waals surface area (Å²) in [4.78, 5) is 35.0. The van der Waals surface area contributed by atoms with Crippen LogP contribution in [0.4, 0.5) is 20.6 Å². The lowest BCUT2D eigenvalue weighted by atomic mass is 10.0. The highest BCUT2D eigenvalue weighted by molar-refractivity contribution is 6.02. The second-order valence-corrected chi connectivity index (χ2v) is 12.1. The number of fused-ring (bicyclic) bond motifs is 1. The Kier molecular flexibility index (Phi) is 12.9. The maximum absolute atomic E-state index is 14.3. The number of aliphatic hydroxyl groups excluding tert-OH is 1. The van der Waals surface area contributed by atoms with Gasteiger partial charge in [0, 0.05) is 55.9 Å². The van der Waals surface area contributed by atoms with Crippen LogP contribution < -0.4 is 15.4 Å². The van der Waals surface area contributed by atoms with Gasteiger partial charge in [-0.2, -0.15) is 0 Å². The van der Waals surface area contributed by atoms with Gasteiger partial charge in [0.05, 0.1) is 30.4 Å². The van der Waals surface area contributed by atoms with E-state index in [9.17, 15) is 19.1 Å². The van der Waals surface area contributed by atoms with Gasteiger partial charge >= 0.3 is 6.03 Å². The fourth-order valence-electron chi connectivity index (χ4n) is 5.46. The molecular formula is C35H46FN5O5. The first-order valence-electron chi connectivity index (χ1n) is 15.9. The van der Waals surface area contributed by atoms with E-state index in [2.05, 4.69) is 34.5 Å². The quantitative estimate of drug-likeness (QED) is 0.287. The van der Waals surface area contributed by atoms with E-state index in [1.165, 1.54) is 24.3 Å². The van der Waals surface area contributed by atoms with E-state index in [1.807, 2.05) is 19.1 Å². The van der Waals surface area contributed by atoms with Gasteiger partial charge in [0.15, 0.2) is 0 Å². The zero-order valence-corrected chi connectivity index (χ0v) is 27.1. The molecule has 10 nitrogen and oxygen atoms in total. The number of likely N-dealkylation sites (N-methyl/N-ethyl adjacent to an activating group) is 1. The molecule has 3 N–H and O–H groups in total. The van der Waals surface area contributed by atoms with Crippen LogP contribution in [-0.4, -0.2) is 83.4 Å². The van der Waals surface area contributed by atoms with Crippen LogP contribution in [0.2, 0.25) is 0 Å². The number of ether oxygens (including phenoxy) is 2. The first kappa shape index (κ1) is 34.8.